The summed E-state index contributed by atoms with van der Waals surface area (Å²) in [6, 6.07) is 16.4. The van der Waals surface area contributed by atoms with E-state index in [2.05, 4.69) is 75.1 Å². The SMILES string of the molecule is CCc1c(CC)c2c(c3c1Cc1ccccc1-3)Cc1cc(CN(CC)CC)ccc1-2. The zero-order valence-corrected chi connectivity index (χ0v) is 18.9. The molecule has 0 atom stereocenters. The zero-order chi connectivity index (χ0) is 20.8. The molecule has 0 amide bonds. The summed E-state index contributed by atoms with van der Waals surface area (Å²) in [5.74, 6) is 0. The van der Waals surface area contributed by atoms with Crippen molar-refractivity contribution in [3.63, 3.8) is 0 Å². The number of hydrogen-bond acceptors (Lipinski definition) is 1. The molecule has 3 aromatic carbocycles. The normalized spacial score (nSPS) is 13.4. The molecule has 0 radical (unpaired) electrons. The smallest absolute Gasteiger partial charge is 0.0233 e. The Morgan fingerprint density at radius 3 is 2.13 bits per heavy atom. The van der Waals surface area contributed by atoms with Crippen molar-refractivity contribution in [2.45, 2.75) is 59.9 Å². The van der Waals surface area contributed by atoms with E-state index in [9.17, 15) is 0 Å². The van der Waals surface area contributed by atoms with Crippen LogP contribution in [0.2, 0.25) is 0 Å². The highest BCUT2D eigenvalue weighted by Crippen LogP contribution is 2.51. The maximum atomic E-state index is 2.50. The van der Waals surface area contributed by atoms with Gasteiger partial charge in [0.05, 0.1) is 0 Å². The molecule has 0 saturated heterocycles. The highest BCUT2D eigenvalue weighted by atomic mass is 15.1. The van der Waals surface area contributed by atoms with Crippen molar-refractivity contribution in [2.24, 2.45) is 0 Å². The van der Waals surface area contributed by atoms with E-state index in [1.807, 2.05) is 0 Å². The summed E-state index contributed by atoms with van der Waals surface area (Å²) in [5, 5.41) is 0. The number of hydrogen-bond donors (Lipinski definition) is 0. The van der Waals surface area contributed by atoms with Gasteiger partial charge in [-0.2, -0.15) is 0 Å². The van der Waals surface area contributed by atoms with Gasteiger partial charge in [0.15, 0.2) is 0 Å². The van der Waals surface area contributed by atoms with Crippen LogP contribution in [0.4, 0.5) is 0 Å². The molecule has 0 aliphatic heterocycles. The second-order valence-electron chi connectivity index (χ2n) is 8.83. The van der Waals surface area contributed by atoms with Gasteiger partial charge in [0.25, 0.3) is 0 Å². The first kappa shape index (κ1) is 19.6. The zero-order valence-electron chi connectivity index (χ0n) is 18.9. The van der Waals surface area contributed by atoms with Crippen molar-refractivity contribution in [3.05, 3.63) is 81.4 Å². The van der Waals surface area contributed by atoms with Crippen LogP contribution in [0.5, 0.6) is 0 Å². The Bertz CT molecular complexity index is 1120. The number of benzene rings is 3. The maximum absolute atomic E-state index is 2.50. The highest BCUT2D eigenvalue weighted by Gasteiger charge is 2.32. The molecule has 1 nitrogen and oxygen atoms in total. The Morgan fingerprint density at radius 1 is 0.700 bits per heavy atom. The Morgan fingerprint density at radius 2 is 1.40 bits per heavy atom. The monoisotopic (exact) mass is 395 g/mol. The van der Waals surface area contributed by atoms with Crippen molar-refractivity contribution in [1.29, 1.82) is 0 Å². The standard InChI is InChI=1S/C29H33N/c1-5-22-23(6-2)28-25-14-13-19(18-30(7-3)8-4)15-21(25)17-27(28)29-24-12-10-9-11-20(24)16-26(22)29/h9-15H,5-8,16-18H2,1-4H3. The van der Waals surface area contributed by atoms with Gasteiger partial charge in [0, 0.05) is 6.54 Å². The van der Waals surface area contributed by atoms with E-state index in [1.54, 1.807) is 33.4 Å². The Labute approximate surface area is 181 Å². The van der Waals surface area contributed by atoms with E-state index >= 15 is 0 Å². The van der Waals surface area contributed by atoms with Gasteiger partial charge in [-0.1, -0.05) is 70.2 Å². The molecule has 0 saturated carbocycles. The fraction of sp³-hybridized carbons (Fsp3) is 0.379. The fourth-order valence-electron chi connectivity index (χ4n) is 5.95. The van der Waals surface area contributed by atoms with E-state index in [0.29, 0.717) is 0 Å². The molecule has 0 fully saturated rings. The molecule has 0 spiro atoms. The second kappa shape index (κ2) is 7.71. The van der Waals surface area contributed by atoms with Crippen molar-refractivity contribution in [2.75, 3.05) is 13.1 Å². The lowest BCUT2D eigenvalue weighted by Crippen LogP contribution is -2.22. The van der Waals surface area contributed by atoms with Crippen molar-refractivity contribution in [3.8, 4) is 22.3 Å². The molecule has 2 aliphatic carbocycles. The van der Waals surface area contributed by atoms with E-state index < -0.39 is 0 Å². The largest absolute Gasteiger partial charge is 0.300 e. The Kier molecular flexibility index (Phi) is 5.03. The average molecular weight is 396 g/mol. The summed E-state index contributed by atoms with van der Waals surface area (Å²) in [6.07, 6.45) is 4.45. The predicted octanol–water partition coefficient (Wildman–Crippen LogP) is 6.80. The topological polar surface area (TPSA) is 3.24 Å². The number of fused-ring (bicyclic) bond motifs is 7. The lowest BCUT2D eigenvalue weighted by Gasteiger charge is -2.20. The molecule has 0 N–H and O–H groups in total. The van der Waals surface area contributed by atoms with Crippen LogP contribution in [0.15, 0.2) is 42.5 Å². The molecule has 30 heavy (non-hydrogen) atoms. The summed E-state index contributed by atoms with van der Waals surface area (Å²) in [4.78, 5) is 2.50. The van der Waals surface area contributed by atoms with Crippen molar-refractivity contribution in [1.82, 2.24) is 4.90 Å². The van der Waals surface area contributed by atoms with Gasteiger partial charge in [-0.05, 0) is 100.0 Å². The lowest BCUT2D eigenvalue weighted by atomic mass is 9.84. The van der Waals surface area contributed by atoms with Crippen LogP contribution in [0.25, 0.3) is 22.3 Å². The van der Waals surface area contributed by atoms with Crippen LogP contribution in [0.1, 0.15) is 66.6 Å². The minimum Gasteiger partial charge on any atom is -0.300 e. The number of nitrogens with zero attached hydrogens (tertiary/aromatic N) is 1. The fourth-order valence-corrected chi connectivity index (χ4v) is 5.95. The molecule has 0 heterocycles. The van der Waals surface area contributed by atoms with Gasteiger partial charge >= 0.3 is 0 Å². The van der Waals surface area contributed by atoms with Gasteiger partial charge in [-0.15, -0.1) is 0 Å². The maximum Gasteiger partial charge on any atom is 0.0233 e. The molecule has 2 aliphatic rings. The van der Waals surface area contributed by atoms with Crippen LogP contribution in [-0.2, 0) is 32.2 Å². The van der Waals surface area contributed by atoms with E-state index in [-0.39, 0.29) is 0 Å². The van der Waals surface area contributed by atoms with E-state index in [4.69, 9.17) is 0 Å². The average Bonchev–Trinajstić information content (AvgIpc) is 3.34. The third-order valence-electron chi connectivity index (χ3n) is 7.40. The van der Waals surface area contributed by atoms with Crippen molar-refractivity contribution >= 4 is 0 Å². The van der Waals surface area contributed by atoms with Crippen LogP contribution in [0.3, 0.4) is 0 Å². The summed E-state index contributed by atoms with van der Waals surface area (Å²) in [7, 11) is 0. The summed E-state index contributed by atoms with van der Waals surface area (Å²) >= 11 is 0. The molecule has 0 bridgehead atoms. The first-order valence-corrected chi connectivity index (χ1v) is 11.8. The van der Waals surface area contributed by atoms with Crippen LogP contribution >= 0.6 is 0 Å². The first-order chi connectivity index (χ1) is 14.7. The molecule has 5 rings (SSSR count). The van der Waals surface area contributed by atoms with Crippen LogP contribution in [0, 0.1) is 0 Å². The molecule has 1 heteroatoms. The molecule has 3 aromatic rings. The molecule has 0 unspecified atom stereocenters. The molecular formula is C29H33N. The number of rotatable bonds is 6. The summed E-state index contributed by atoms with van der Waals surface area (Å²) < 4.78 is 0. The Balaban J connectivity index is 1.69. The third-order valence-corrected chi connectivity index (χ3v) is 7.40. The minimum atomic E-state index is 1.05. The van der Waals surface area contributed by atoms with Gasteiger partial charge < -0.3 is 0 Å². The Hall–Kier alpha value is -2.38. The molecular weight excluding hydrogens is 362 g/mol. The third kappa shape index (κ3) is 2.87. The predicted molar refractivity (Wildman–Crippen MR) is 128 cm³/mol. The van der Waals surface area contributed by atoms with Crippen LogP contribution < -0.4 is 0 Å². The highest BCUT2D eigenvalue weighted by molar-refractivity contribution is 5.93. The molecule has 0 aromatic heterocycles. The lowest BCUT2D eigenvalue weighted by molar-refractivity contribution is 0.296. The van der Waals surface area contributed by atoms with E-state index in [1.165, 1.54) is 27.8 Å². The summed E-state index contributed by atoms with van der Waals surface area (Å²) in [5.41, 5.74) is 17.0. The van der Waals surface area contributed by atoms with Gasteiger partial charge in [-0.25, -0.2) is 0 Å². The van der Waals surface area contributed by atoms with Crippen molar-refractivity contribution < 1.29 is 0 Å². The minimum absolute atomic E-state index is 1.05. The quantitative estimate of drug-likeness (QED) is 0.306. The second-order valence-corrected chi connectivity index (χ2v) is 8.83. The first-order valence-electron chi connectivity index (χ1n) is 11.8. The van der Waals surface area contributed by atoms with Gasteiger partial charge in [-0.3, -0.25) is 4.90 Å². The van der Waals surface area contributed by atoms with Gasteiger partial charge in [0.2, 0.25) is 0 Å². The van der Waals surface area contributed by atoms with Crippen LogP contribution in [-0.4, -0.2) is 18.0 Å². The molecule has 154 valence electrons. The van der Waals surface area contributed by atoms with Gasteiger partial charge in [0.1, 0.15) is 0 Å². The summed E-state index contributed by atoms with van der Waals surface area (Å²) in [6.45, 7) is 12.5. The van der Waals surface area contributed by atoms with E-state index in [0.717, 1.165) is 45.3 Å².